The number of benzene rings is 1. The molecular weight excluding hydrogens is 279 g/mol. The van der Waals surface area contributed by atoms with Gasteiger partial charge in [0, 0.05) is 0 Å². The Bertz CT molecular complexity index is 598. The van der Waals surface area contributed by atoms with Gasteiger partial charge in [0.2, 0.25) is 5.71 Å². The average molecular weight is 283 g/mol. The third kappa shape index (κ3) is 2.89. The second kappa shape index (κ2) is 5.87. The smallest absolute Gasteiger partial charge is 0.337 e. The molecular formula is C10H4Cl2N4O2. The fraction of sp³-hybridized carbons (Fsp3) is 0. The number of carboxylic acid groups (broad SMARTS) is 1. The van der Waals surface area contributed by atoms with Crippen molar-refractivity contribution in [2.45, 2.75) is 0 Å². The average Bonchev–Trinajstić information content (AvgIpc) is 2.35. The van der Waals surface area contributed by atoms with Crippen LogP contribution in [0.4, 0.5) is 5.69 Å². The summed E-state index contributed by atoms with van der Waals surface area (Å²) >= 11 is 11.6. The molecule has 0 atom stereocenters. The Morgan fingerprint density at radius 1 is 1.28 bits per heavy atom. The lowest BCUT2D eigenvalue weighted by molar-refractivity contribution is 0.0697. The summed E-state index contributed by atoms with van der Waals surface area (Å²) in [6.45, 7) is 0. The molecule has 90 valence electrons. The van der Waals surface area contributed by atoms with Crippen molar-refractivity contribution in [2.24, 2.45) is 5.10 Å². The van der Waals surface area contributed by atoms with Gasteiger partial charge in [-0.05, 0) is 12.1 Å². The summed E-state index contributed by atoms with van der Waals surface area (Å²) in [7, 11) is 0. The second-order valence-corrected chi connectivity index (χ2v) is 3.65. The van der Waals surface area contributed by atoms with E-state index in [1.54, 1.807) is 12.1 Å². The molecule has 18 heavy (non-hydrogen) atoms. The Balaban J connectivity index is 3.12. The normalized spacial score (nSPS) is 8.89. The van der Waals surface area contributed by atoms with Gasteiger partial charge in [0.05, 0.1) is 21.3 Å². The van der Waals surface area contributed by atoms with Gasteiger partial charge in [-0.25, -0.2) is 4.79 Å². The monoisotopic (exact) mass is 282 g/mol. The molecule has 0 bridgehead atoms. The van der Waals surface area contributed by atoms with E-state index in [0.717, 1.165) is 0 Å². The van der Waals surface area contributed by atoms with Gasteiger partial charge in [0.1, 0.15) is 12.1 Å². The lowest BCUT2D eigenvalue weighted by Gasteiger charge is -2.06. The largest absolute Gasteiger partial charge is 0.478 e. The van der Waals surface area contributed by atoms with Crippen LogP contribution in [0.5, 0.6) is 0 Å². The minimum absolute atomic E-state index is 0.0597. The molecule has 0 unspecified atom stereocenters. The van der Waals surface area contributed by atoms with Crippen LogP contribution in [0.1, 0.15) is 10.4 Å². The number of halogens is 2. The van der Waals surface area contributed by atoms with Gasteiger partial charge in [-0.2, -0.15) is 15.6 Å². The molecule has 0 amide bonds. The van der Waals surface area contributed by atoms with Crippen LogP contribution in [0, 0.1) is 22.7 Å². The van der Waals surface area contributed by atoms with E-state index in [2.05, 4.69) is 10.5 Å². The summed E-state index contributed by atoms with van der Waals surface area (Å²) in [5.41, 5.74) is 1.99. The Kier molecular flexibility index (Phi) is 4.50. The number of nitriles is 2. The van der Waals surface area contributed by atoms with Gasteiger partial charge in [0.15, 0.2) is 0 Å². The fourth-order valence-corrected chi connectivity index (χ4v) is 1.44. The van der Waals surface area contributed by atoms with Crippen molar-refractivity contribution < 1.29 is 9.90 Å². The molecule has 1 aromatic carbocycles. The molecule has 1 aromatic rings. The van der Waals surface area contributed by atoms with Gasteiger partial charge >= 0.3 is 5.97 Å². The molecule has 2 N–H and O–H groups in total. The Labute approximate surface area is 112 Å². The Morgan fingerprint density at radius 2 is 1.89 bits per heavy atom. The van der Waals surface area contributed by atoms with Crippen LogP contribution in [-0.4, -0.2) is 16.8 Å². The van der Waals surface area contributed by atoms with Crippen molar-refractivity contribution in [3.63, 3.8) is 0 Å². The van der Waals surface area contributed by atoms with Crippen LogP contribution in [-0.2, 0) is 0 Å². The molecule has 0 radical (unpaired) electrons. The molecule has 0 aromatic heterocycles. The highest BCUT2D eigenvalue weighted by Crippen LogP contribution is 2.33. The molecule has 0 heterocycles. The van der Waals surface area contributed by atoms with Crippen molar-refractivity contribution in [2.75, 3.05) is 5.43 Å². The highest BCUT2D eigenvalue weighted by atomic mass is 35.5. The minimum Gasteiger partial charge on any atom is -0.478 e. The lowest BCUT2D eigenvalue weighted by atomic mass is 10.2. The predicted octanol–water partition coefficient (Wildman–Crippen LogP) is 2.51. The van der Waals surface area contributed by atoms with Crippen molar-refractivity contribution >= 4 is 40.6 Å². The quantitative estimate of drug-likeness (QED) is 0.654. The van der Waals surface area contributed by atoms with Crippen LogP contribution in [0.25, 0.3) is 0 Å². The van der Waals surface area contributed by atoms with Crippen molar-refractivity contribution in [3.05, 3.63) is 27.7 Å². The maximum Gasteiger partial charge on any atom is 0.337 e. The van der Waals surface area contributed by atoms with E-state index >= 15 is 0 Å². The zero-order valence-corrected chi connectivity index (χ0v) is 10.1. The maximum absolute atomic E-state index is 10.8. The van der Waals surface area contributed by atoms with Crippen LogP contribution in [0.2, 0.25) is 10.0 Å². The van der Waals surface area contributed by atoms with Gasteiger partial charge < -0.3 is 5.11 Å². The number of hydrogen-bond acceptors (Lipinski definition) is 5. The third-order valence-electron chi connectivity index (χ3n) is 1.81. The minimum atomic E-state index is -1.22. The molecule has 0 saturated heterocycles. The van der Waals surface area contributed by atoms with Crippen LogP contribution in [0.3, 0.4) is 0 Å². The number of hydrogen-bond donors (Lipinski definition) is 2. The molecule has 8 heteroatoms. The highest BCUT2D eigenvalue weighted by molar-refractivity contribution is 6.45. The number of hydrazone groups is 1. The first kappa shape index (κ1) is 13.8. The number of nitrogens with zero attached hydrogens (tertiary/aromatic N) is 3. The number of nitrogens with one attached hydrogen (secondary N) is 1. The Hall–Kier alpha value is -2.28. The number of anilines is 1. The molecule has 1 rings (SSSR count). The van der Waals surface area contributed by atoms with E-state index < -0.39 is 11.7 Å². The maximum atomic E-state index is 10.8. The van der Waals surface area contributed by atoms with E-state index in [1.807, 2.05) is 0 Å². The van der Waals surface area contributed by atoms with Crippen molar-refractivity contribution in [1.82, 2.24) is 0 Å². The summed E-state index contributed by atoms with van der Waals surface area (Å²) in [4.78, 5) is 10.8. The Morgan fingerprint density at radius 3 is 2.39 bits per heavy atom. The van der Waals surface area contributed by atoms with E-state index in [1.165, 1.54) is 12.1 Å². The van der Waals surface area contributed by atoms with Gasteiger partial charge in [-0.15, -0.1) is 0 Å². The third-order valence-corrected chi connectivity index (χ3v) is 2.69. The molecule has 0 fully saturated rings. The molecule has 0 saturated carbocycles. The van der Waals surface area contributed by atoms with Crippen LogP contribution >= 0.6 is 23.2 Å². The number of carboxylic acids is 1. The first-order chi connectivity index (χ1) is 8.51. The van der Waals surface area contributed by atoms with E-state index in [9.17, 15) is 4.79 Å². The van der Waals surface area contributed by atoms with Crippen molar-refractivity contribution in [3.8, 4) is 12.1 Å². The summed E-state index contributed by atoms with van der Waals surface area (Å²) in [5.74, 6) is -1.22. The first-order valence-electron chi connectivity index (χ1n) is 4.36. The standard InChI is InChI=1S/C10H4Cl2N4O2/c11-8-6(10(17)18)1-2-7(9(8)12)16-15-5(3-13)4-14/h1-2,16H,(H,17,18). The van der Waals surface area contributed by atoms with E-state index in [0.29, 0.717) is 0 Å². The van der Waals surface area contributed by atoms with Gasteiger partial charge in [0.25, 0.3) is 0 Å². The van der Waals surface area contributed by atoms with Crippen LogP contribution in [0.15, 0.2) is 17.2 Å². The fourth-order valence-electron chi connectivity index (χ4n) is 0.992. The topological polar surface area (TPSA) is 109 Å². The summed E-state index contributed by atoms with van der Waals surface area (Å²) in [5, 5.41) is 29.0. The molecule has 6 nitrogen and oxygen atoms in total. The SMILES string of the molecule is N#CC(C#N)=NNc1ccc(C(=O)O)c(Cl)c1Cl. The first-order valence-corrected chi connectivity index (χ1v) is 5.12. The second-order valence-electron chi connectivity index (χ2n) is 2.89. The van der Waals surface area contributed by atoms with Gasteiger partial charge in [-0.3, -0.25) is 5.43 Å². The molecule has 0 aliphatic rings. The number of rotatable bonds is 3. The number of aromatic carboxylic acids is 1. The highest BCUT2D eigenvalue weighted by Gasteiger charge is 2.14. The summed E-state index contributed by atoms with van der Waals surface area (Å²) in [6.07, 6.45) is 0. The van der Waals surface area contributed by atoms with Crippen molar-refractivity contribution in [1.29, 1.82) is 10.5 Å². The van der Waals surface area contributed by atoms with Crippen LogP contribution < -0.4 is 5.43 Å². The van der Waals surface area contributed by atoms with Gasteiger partial charge in [-0.1, -0.05) is 23.2 Å². The lowest BCUT2D eigenvalue weighted by Crippen LogP contribution is -2.01. The summed E-state index contributed by atoms with van der Waals surface area (Å²) < 4.78 is 0. The molecule has 0 aliphatic carbocycles. The zero-order chi connectivity index (χ0) is 13.7. The van der Waals surface area contributed by atoms with E-state index in [4.69, 9.17) is 38.8 Å². The van der Waals surface area contributed by atoms with E-state index in [-0.39, 0.29) is 21.3 Å². The zero-order valence-electron chi connectivity index (χ0n) is 8.61. The molecule has 0 spiro atoms. The molecule has 0 aliphatic heterocycles. The summed E-state index contributed by atoms with van der Waals surface area (Å²) in [6, 6.07) is 5.64. The predicted molar refractivity (Wildman–Crippen MR) is 65.7 cm³/mol. The number of carbonyl (C=O) groups is 1.